The molecule has 0 saturated carbocycles. The summed E-state index contributed by atoms with van der Waals surface area (Å²) in [7, 11) is 0. The third-order valence-electron chi connectivity index (χ3n) is 3.73. The van der Waals surface area contributed by atoms with Crippen molar-refractivity contribution < 1.29 is 18.0 Å². The molecule has 3 nitrogen and oxygen atoms in total. The summed E-state index contributed by atoms with van der Waals surface area (Å²) in [5.74, 6) is 0.0370. The van der Waals surface area contributed by atoms with E-state index in [-0.39, 0.29) is 12.5 Å². The molecule has 0 aliphatic carbocycles. The smallest absolute Gasteiger partial charge is 0.341 e. The van der Waals surface area contributed by atoms with E-state index >= 15 is 0 Å². The van der Waals surface area contributed by atoms with E-state index in [1.54, 1.807) is 11.0 Å². The molecule has 116 valence electrons. The number of halogens is 3. The number of hydrogen-bond acceptors (Lipinski definition) is 2. The number of nitrogens with zero attached hydrogens (tertiary/aromatic N) is 1. The minimum atomic E-state index is -4.38. The molecule has 1 atom stereocenters. The Morgan fingerprint density at radius 3 is 2.71 bits per heavy atom. The number of amides is 1. The van der Waals surface area contributed by atoms with Crippen LogP contribution in [-0.2, 0) is 11.0 Å². The van der Waals surface area contributed by atoms with Crippen molar-refractivity contribution in [3.05, 3.63) is 35.4 Å². The van der Waals surface area contributed by atoms with E-state index in [0.29, 0.717) is 18.5 Å². The minimum absolute atomic E-state index is 0.0370. The molecule has 1 unspecified atom stereocenters. The number of hydrogen-bond donors (Lipinski definition) is 1. The zero-order chi connectivity index (χ0) is 15.5. The predicted octanol–water partition coefficient (Wildman–Crippen LogP) is 3.11. The number of benzene rings is 1. The fraction of sp³-hybridized carbons (Fsp3) is 0.533. The average Bonchev–Trinajstić information content (AvgIpc) is 2.63. The van der Waals surface area contributed by atoms with Crippen LogP contribution in [0.25, 0.3) is 0 Å². The number of carbonyl (C=O) groups is 1. The highest BCUT2D eigenvalue weighted by Crippen LogP contribution is 2.30. The molecule has 1 heterocycles. The van der Waals surface area contributed by atoms with Gasteiger partial charge in [-0.2, -0.15) is 13.2 Å². The Balaban J connectivity index is 2.09. The summed E-state index contributed by atoms with van der Waals surface area (Å²) in [6.45, 7) is 0.894. The molecule has 1 aromatic rings. The third kappa shape index (κ3) is 4.20. The standard InChI is InChI=1S/C15H19F3N2O/c16-15(17,18)12-6-4-5-11(9-12)13(19)10-20-8-3-1-2-7-14(20)21/h4-6,9,13H,1-3,7-8,10,19H2. The minimum Gasteiger partial charge on any atom is -0.341 e. The van der Waals surface area contributed by atoms with Crippen LogP contribution in [0.15, 0.2) is 24.3 Å². The van der Waals surface area contributed by atoms with Gasteiger partial charge in [0.15, 0.2) is 0 Å². The quantitative estimate of drug-likeness (QED) is 0.932. The summed E-state index contributed by atoms with van der Waals surface area (Å²) >= 11 is 0. The number of carbonyl (C=O) groups excluding carboxylic acids is 1. The second-order valence-electron chi connectivity index (χ2n) is 5.38. The Labute approximate surface area is 121 Å². The lowest BCUT2D eigenvalue weighted by atomic mass is 10.0. The van der Waals surface area contributed by atoms with E-state index in [1.807, 2.05) is 0 Å². The Bertz CT molecular complexity index is 502. The molecule has 0 aromatic heterocycles. The highest BCUT2D eigenvalue weighted by molar-refractivity contribution is 5.76. The molecule has 1 saturated heterocycles. The summed E-state index contributed by atoms with van der Waals surface area (Å²) in [5, 5.41) is 0. The van der Waals surface area contributed by atoms with Crippen molar-refractivity contribution in [2.24, 2.45) is 5.73 Å². The molecule has 0 bridgehead atoms. The summed E-state index contributed by atoms with van der Waals surface area (Å²) in [5.41, 5.74) is 5.68. The molecule has 1 amide bonds. The van der Waals surface area contributed by atoms with Crippen LogP contribution in [0.4, 0.5) is 13.2 Å². The van der Waals surface area contributed by atoms with Gasteiger partial charge in [0.1, 0.15) is 0 Å². The van der Waals surface area contributed by atoms with Gasteiger partial charge in [0.05, 0.1) is 5.56 Å². The molecule has 0 radical (unpaired) electrons. The second kappa shape index (κ2) is 6.47. The maximum atomic E-state index is 12.7. The normalized spacial score (nSPS) is 18.5. The van der Waals surface area contributed by atoms with Crippen LogP contribution in [0, 0.1) is 0 Å². The molecule has 2 N–H and O–H groups in total. The lowest BCUT2D eigenvalue weighted by Gasteiger charge is -2.25. The van der Waals surface area contributed by atoms with E-state index in [0.717, 1.165) is 31.4 Å². The van der Waals surface area contributed by atoms with Gasteiger partial charge in [-0.1, -0.05) is 18.6 Å². The van der Waals surface area contributed by atoms with Crippen molar-refractivity contribution in [2.45, 2.75) is 37.9 Å². The molecule has 1 fully saturated rings. The first-order valence-corrected chi connectivity index (χ1v) is 7.08. The van der Waals surface area contributed by atoms with Gasteiger partial charge in [-0.15, -0.1) is 0 Å². The van der Waals surface area contributed by atoms with Gasteiger partial charge in [0.2, 0.25) is 5.91 Å². The van der Waals surface area contributed by atoms with Gasteiger partial charge in [-0.25, -0.2) is 0 Å². The molecule has 1 aromatic carbocycles. The summed E-state index contributed by atoms with van der Waals surface area (Å²) in [6.07, 6.45) is -1.10. The predicted molar refractivity (Wildman–Crippen MR) is 73.4 cm³/mol. The maximum Gasteiger partial charge on any atom is 0.416 e. The van der Waals surface area contributed by atoms with Gasteiger partial charge < -0.3 is 10.6 Å². The monoisotopic (exact) mass is 300 g/mol. The largest absolute Gasteiger partial charge is 0.416 e. The van der Waals surface area contributed by atoms with Gasteiger partial charge in [-0.05, 0) is 30.5 Å². The topological polar surface area (TPSA) is 46.3 Å². The SMILES string of the molecule is NC(CN1CCCCCC1=O)c1cccc(C(F)(F)F)c1. The van der Waals surface area contributed by atoms with Crippen molar-refractivity contribution >= 4 is 5.91 Å². The fourth-order valence-electron chi connectivity index (χ4n) is 2.52. The van der Waals surface area contributed by atoms with Crippen LogP contribution in [0.1, 0.15) is 42.9 Å². The van der Waals surface area contributed by atoms with E-state index in [9.17, 15) is 18.0 Å². The first-order chi connectivity index (χ1) is 9.88. The summed E-state index contributed by atoms with van der Waals surface area (Å²) in [6, 6.07) is 4.40. The lowest BCUT2D eigenvalue weighted by Crippen LogP contribution is -2.36. The van der Waals surface area contributed by atoms with Gasteiger partial charge >= 0.3 is 6.18 Å². The molecule has 1 aliphatic rings. The van der Waals surface area contributed by atoms with Gasteiger partial charge in [-0.3, -0.25) is 4.79 Å². The van der Waals surface area contributed by atoms with Crippen LogP contribution >= 0.6 is 0 Å². The average molecular weight is 300 g/mol. The zero-order valence-corrected chi connectivity index (χ0v) is 11.7. The van der Waals surface area contributed by atoms with Gasteiger partial charge in [0.25, 0.3) is 0 Å². The fourth-order valence-corrected chi connectivity index (χ4v) is 2.52. The Kier molecular flexibility index (Phi) is 4.88. The van der Waals surface area contributed by atoms with Crippen LogP contribution in [0.5, 0.6) is 0 Å². The Hall–Kier alpha value is -1.56. The number of nitrogens with two attached hydrogens (primary N) is 1. The summed E-state index contributed by atoms with van der Waals surface area (Å²) < 4.78 is 38.1. The molecular weight excluding hydrogens is 281 g/mol. The number of rotatable bonds is 3. The van der Waals surface area contributed by atoms with Crippen LogP contribution < -0.4 is 5.73 Å². The van der Waals surface area contributed by atoms with E-state index < -0.39 is 17.8 Å². The van der Waals surface area contributed by atoms with Crippen LogP contribution in [0.3, 0.4) is 0 Å². The van der Waals surface area contributed by atoms with E-state index in [1.165, 1.54) is 6.07 Å². The van der Waals surface area contributed by atoms with Crippen LogP contribution in [-0.4, -0.2) is 23.9 Å². The molecule has 21 heavy (non-hydrogen) atoms. The van der Waals surface area contributed by atoms with Crippen molar-refractivity contribution in [3.8, 4) is 0 Å². The third-order valence-corrected chi connectivity index (χ3v) is 3.73. The first kappa shape index (κ1) is 15.8. The van der Waals surface area contributed by atoms with Gasteiger partial charge in [0, 0.05) is 25.6 Å². The molecule has 0 spiro atoms. The first-order valence-electron chi connectivity index (χ1n) is 7.08. The summed E-state index contributed by atoms with van der Waals surface area (Å²) in [4.78, 5) is 13.6. The highest BCUT2D eigenvalue weighted by atomic mass is 19.4. The maximum absolute atomic E-state index is 12.7. The van der Waals surface area contributed by atoms with E-state index in [2.05, 4.69) is 0 Å². The number of alkyl halides is 3. The van der Waals surface area contributed by atoms with Crippen molar-refractivity contribution in [1.29, 1.82) is 0 Å². The Morgan fingerprint density at radius 1 is 1.24 bits per heavy atom. The molecule has 2 rings (SSSR count). The lowest BCUT2D eigenvalue weighted by molar-refractivity contribution is -0.137. The molecule has 6 heteroatoms. The highest BCUT2D eigenvalue weighted by Gasteiger charge is 2.31. The second-order valence-corrected chi connectivity index (χ2v) is 5.38. The zero-order valence-electron chi connectivity index (χ0n) is 11.7. The van der Waals surface area contributed by atoms with Crippen molar-refractivity contribution in [2.75, 3.05) is 13.1 Å². The number of likely N-dealkylation sites (tertiary alicyclic amines) is 1. The van der Waals surface area contributed by atoms with Crippen molar-refractivity contribution in [1.82, 2.24) is 4.90 Å². The Morgan fingerprint density at radius 2 is 2.00 bits per heavy atom. The van der Waals surface area contributed by atoms with Crippen LogP contribution in [0.2, 0.25) is 0 Å². The van der Waals surface area contributed by atoms with Crippen molar-refractivity contribution in [3.63, 3.8) is 0 Å². The van der Waals surface area contributed by atoms with E-state index in [4.69, 9.17) is 5.73 Å². The molecular formula is C15H19F3N2O. The molecule has 1 aliphatic heterocycles.